The molecule has 29 heavy (non-hydrogen) atoms. The Labute approximate surface area is 175 Å². The van der Waals surface area contributed by atoms with Gasteiger partial charge in [-0.05, 0) is 44.0 Å². The van der Waals surface area contributed by atoms with Crippen LogP contribution in [0.3, 0.4) is 0 Å². The molecule has 156 valence electrons. The topological polar surface area (TPSA) is 95.6 Å². The highest BCUT2D eigenvalue weighted by Gasteiger charge is 2.33. The molecule has 1 saturated heterocycles. The van der Waals surface area contributed by atoms with Crippen LogP contribution in [0.25, 0.3) is 0 Å². The largest absolute Gasteiger partial charge is 0.354 e. The van der Waals surface area contributed by atoms with Crippen molar-refractivity contribution in [3.05, 3.63) is 52.9 Å². The number of benzene rings is 1. The second-order valence-electron chi connectivity index (χ2n) is 6.98. The van der Waals surface area contributed by atoms with Crippen molar-refractivity contribution in [1.82, 2.24) is 14.9 Å². The Hall–Kier alpha value is -2.23. The van der Waals surface area contributed by atoms with Crippen molar-refractivity contribution in [1.29, 1.82) is 0 Å². The average Bonchev–Trinajstić information content (AvgIpc) is 3.19. The molecule has 1 unspecified atom stereocenters. The lowest BCUT2D eigenvalue weighted by Gasteiger charge is -2.30. The molecule has 1 fully saturated rings. The summed E-state index contributed by atoms with van der Waals surface area (Å²) in [5.74, 6) is -0.758. The van der Waals surface area contributed by atoms with Gasteiger partial charge in [-0.15, -0.1) is 11.3 Å². The van der Waals surface area contributed by atoms with Crippen molar-refractivity contribution in [3.63, 3.8) is 0 Å². The van der Waals surface area contributed by atoms with Crippen LogP contribution >= 0.6 is 11.3 Å². The highest BCUT2D eigenvalue weighted by Crippen LogP contribution is 2.28. The van der Waals surface area contributed by atoms with E-state index in [9.17, 15) is 18.0 Å². The average molecular weight is 436 g/mol. The quantitative estimate of drug-likeness (QED) is 0.651. The molecule has 1 aromatic heterocycles. The molecule has 2 amide bonds. The summed E-state index contributed by atoms with van der Waals surface area (Å²) >= 11 is 1.25. The molecular formula is C20H25N3O4S2. The van der Waals surface area contributed by atoms with Crippen LogP contribution in [0.15, 0.2) is 46.7 Å². The van der Waals surface area contributed by atoms with Gasteiger partial charge in [0.2, 0.25) is 5.91 Å². The molecule has 0 radical (unpaired) electrons. The van der Waals surface area contributed by atoms with Crippen molar-refractivity contribution in [2.45, 2.75) is 24.0 Å². The number of nitrogens with one attached hydrogen (secondary N) is 2. The first-order valence-corrected chi connectivity index (χ1v) is 11.8. The summed E-state index contributed by atoms with van der Waals surface area (Å²) in [7, 11) is -3.56. The van der Waals surface area contributed by atoms with Crippen LogP contribution in [0.1, 0.15) is 28.1 Å². The van der Waals surface area contributed by atoms with E-state index in [1.165, 1.54) is 15.6 Å². The van der Waals surface area contributed by atoms with Crippen molar-refractivity contribution in [2.75, 3.05) is 26.2 Å². The minimum Gasteiger partial charge on any atom is -0.354 e. The molecule has 9 heteroatoms. The van der Waals surface area contributed by atoms with Gasteiger partial charge in [0.15, 0.2) is 0 Å². The third-order valence-corrected chi connectivity index (χ3v) is 8.14. The number of hydrogen-bond acceptors (Lipinski definition) is 5. The highest BCUT2D eigenvalue weighted by atomic mass is 32.2. The van der Waals surface area contributed by atoms with Gasteiger partial charge in [-0.25, -0.2) is 8.42 Å². The van der Waals surface area contributed by atoms with Gasteiger partial charge in [-0.3, -0.25) is 9.59 Å². The zero-order chi connectivity index (χ0) is 20.9. The fraction of sp³-hybridized carbons (Fsp3) is 0.400. The fourth-order valence-corrected chi connectivity index (χ4v) is 6.21. The molecule has 2 heterocycles. The maximum absolute atomic E-state index is 12.8. The third-order valence-electron chi connectivity index (χ3n) is 4.81. The molecule has 3 rings (SSSR count). The van der Waals surface area contributed by atoms with E-state index in [-0.39, 0.29) is 24.3 Å². The Morgan fingerprint density at radius 2 is 1.83 bits per heavy atom. The molecule has 1 atom stereocenters. The van der Waals surface area contributed by atoms with Crippen molar-refractivity contribution in [2.24, 2.45) is 5.92 Å². The second-order valence-corrected chi connectivity index (χ2v) is 10.4. The molecule has 0 spiro atoms. The molecule has 1 aliphatic heterocycles. The van der Waals surface area contributed by atoms with Gasteiger partial charge in [-0.2, -0.15) is 4.31 Å². The molecule has 2 N–H and O–H groups in total. The van der Waals surface area contributed by atoms with Crippen molar-refractivity contribution in [3.8, 4) is 0 Å². The van der Waals surface area contributed by atoms with Gasteiger partial charge in [-0.1, -0.05) is 18.2 Å². The number of rotatable bonds is 7. The Bertz CT molecular complexity index is 957. The van der Waals surface area contributed by atoms with Gasteiger partial charge in [0.05, 0.1) is 5.92 Å². The maximum Gasteiger partial charge on any atom is 0.252 e. The molecule has 0 saturated carbocycles. The van der Waals surface area contributed by atoms with Gasteiger partial charge in [0.1, 0.15) is 4.21 Å². The number of sulfonamides is 1. The third kappa shape index (κ3) is 5.43. The summed E-state index contributed by atoms with van der Waals surface area (Å²) in [4.78, 5) is 25.4. The van der Waals surface area contributed by atoms with E-state index in [1.54, 1.807) is 36.4 Å². The van der Waals surface area contributed by atoms with Gasteiger partial charge in [0, 0.05) is 36.6 Å². The van der Waals surface area contributed by atoms with Gasteiger partial charge >= 0.3 is 0 Å². The van der Waals surface area contributed by atoms with Gasteiger partial charge < -0.3 is 10.6 Å². The first-order valence-electron chi connectivity index (χ1n) is 9.55. The van der Waals surface area contributed by atoms with E-state index in [1.807, 2.05) is 13.0 Å². The van der Waals surface area contributed by atoms with Gasteiger partial charge in [0.25, 0.3) is 15.9 Å². The molecule has 7 nitrogen and oxygen atoms in total. The minimum atomic E-state index is -3.56. The van der Waals surface area contributed by atoms with Crippen molar-refractivity contribution < 1.29 is 18.0 Å². The first kappa shape index (κ1) is 21.5. The normalized spacial score (nSPS) is 17.6. The monoisotopic (exact) mass is 435 g/mol. The van der Waals surface area contributed by atoms with E-state index in [4.69, 9.17) is 0 Å². The summed E-state index contributed by atoms with van der Waals surface area (Å²) in [6.45, 7) is 3.08. The summed E-state index contributed by atoms with van der Waals surface area (Å²) in [5.41, 5.74) is 0.566. The predicted octanol–water partition coefficient (Wildman–Crippen LogP) is 2.00. The van der Waals surface area contributed by atoms with Crippen LogP contribution in [-0.4, -0.2) is 50.7 Å². The SMILES string of the molecule is Cc1ccc(S(=O)(=O)N2CCCC(C(=O)NCCNC(=O)c3ccccc3)C2)s1. The zero-order valence-electron chi connectivity index (χ0n) is 16.3. The number of nitrogens with zero attached hydrogens (tertiary/aromatic N) is 1. The molecule has 0 aliphatic carbocycles. The Balaban J connectivity index is 1.48. The summed E-state index contributed by atoms with van der Waals surface area (Å²) in [5, 5.41) is 5.56. The molecule has 1 aliphatic rings. The minimum absolute atomic E-state index is 0.179. The number of aryl methyl sites for hydroxylation is 1. The van der Waals surface area contributed by atoms with E-state index in [2.05, 4.69) is 10.6 Å². The van der Waals surface area contributed by atoms with E-state index in [0.717, 1.165) is 4.88 Å². The summed E-state index contributed by atoms with van der Waals surface area (Å²) in [6.07, 6.45) is 1.30. The van der Waals surface area contributed by atoms with Crippen molar-refractivity contribution >= 4 is 33.2 Å². The zero-order valence-corrected chi connectivity index (χ0v) is 17.9. The van der Waals surface area contributed by atoms with Crippen LogP contribution in [0.4, 0.5) is 0 Å². The summed E-state index contributed by atoms with van der Waals surface area (Å²) in [6, 6.07) is 12.3. The number of carbonyl (C=O) groups is 2. The number of carbonyl (C=O) groups excluding carboxylic acids is 2. The smallest absolute Gasteiger partial charge is 0.252 e. The summed E-state index contributed by atoms with van der Waals surface area (Å²) < 4.78 is 27.3. The maximum atomic E-state index is 12.8. The van der Waals surface area contributed by atoms with E-state index < -0.39 is 10.0 Å². The standard InChI is InChI=1S/C20H25N3O4S2/c1-15-9-10-18(28-15)29(26,27)23-13-5-8-17(14-23)20(25)22-12-11-21-19(24)16-6-3-2-4-7-16/h2-4,6-7,9-10,17H,5,8,11-14H2,1H3,(H,21,24)(H,22,25). The lowest BCUT2D eigenvalue weighted by molar-refractivity contribution is -0.126. The molecule has 2 aromatic rings. The Kier molecular flexibility index (Phi) is 7.05. The Morgan fingerprint density at radius 3 is 2.52 bits per heavy atom. The van der Waals surface area contributed by atoms with Crippen LogP contribution in [0, 0.1) is 12.8 Å². The van der Waals surface area contributed by atoms with E-state index >= 15 is 0 Å². The second kappa shape index (κ2) is 9.51. The van der Waals surface area contributed by atoms with Crippen LogP contribution in [-0.2, 0) is 14.8 Å². The first-order chi connectivity index (χ1) is 13.9. The molecule has 0 bridgehead atoms. The highest BCUT2D eigenvalue weighted by molar-refractivity contribution is 7.91. The lowest BCUT2D eigenvalue weighted by atomic mass is 9.99. The number of piperidine rings is 1. The van der Waals surface area contributed by atoms with Crippen LogP contribution < -0.4 is 10.6 Å². The molecule has 1 aromatic carbocycles. The molecular weight excluding hydrogens is 410 g/mol. The predicted molar refractivity (Wildman–Crippen MR) is 112 cm³/mol. The fourth-order valence-electron chi connectivity index (χ4n) is 3.25. The number of amides is 2. The number of thiophene rings is 1. The Morgan fingerprint density at radius 1 is 1.10 bits per heavy atom. The van der Waals surface area contributed by atoms with Crippen LogP contribution in [0.2, 0.25) is 0 Å². The van der Waals surface area contributed by atoms with Crippen LogP contribution in [0.5, 0.6) is 0 Å². The lowest BCUT2D eigenvalue weighted by Crippen LogP contribution is -2.46. The number of hydrogen-bond donors (Lipinski definition) is 2. The van der Waals surface area contributed by atoms with E-state index in [0.29, 0.717) is 42.2 Å².